The lowest BCUT2D eigenvalue weighted by Gasteiger charge is -2.26. The van der Waals surface area contributed by atoms with Gasteiger partial charge in [0.25, 0.3) is 5.89 Å². The van der Waals surface area contributed by atoms with Crippen LogP contribution in [-0.2, 0) is 14.8 Å². The maximum absolute atomic E-state index is 14.4. The summed E-state index contributed by atoms with van der Waals surface area (Å²) in [7, 11) is -3.76. The van der Waals surface area contributed by atoms with Crippen LogP contribution in [0.15, 0.2) is 51.8 Å². The molecule has 28 heavy (non-hydrogen) atoms. The van der Waals surface area contributed by atoms with Crippen molar-refractivity contribution < 1.29 is 22.0 Å². The minimum Gasteiger partial charge on any atom is -0.416 e. The van der Waals surface area contributed by atoms with E-state index < -0.39 is 15.8 Å². The molecular formula is C19H18FN3O4S. The lowest BCUT2D eigenvalue weighted by Crippen LogP contribution is -2.40. The fourth-order valence-electron chi connectivity index (χ4n) is 2.99. The van der Waals surface area contributed by atoms with Crippen LogP contribution in [-0.4, -0.2) is 49.2 Å². The van der Waals surface area contributed by atoms with Crippen LogP contribution in [0.3, 0.4) is 0 Å². The molecule has 9 heteroatoms. The van der Waals surface area contributed by atoms with Gasteiger partial charge >= 0.3 is 0 Å². The van der Waals surface area contributed by atoms with Gasteiger partial charge in [0.05, 0.1) is 23.7 Å². The van der Waals surface area contributed by atoms with Gasteiger partial charge in [-0.1, -0.05) is 17.7 Å². The van der Waals surface area contributed by atoms with Gasteiger partial charge in [0.15, 0.2) is 0 Å². The Morgan fingerprint density at radius 3 is 2.54 bits per heavy atom. The predicted octanol–water partition coefficient (Wildman–Crippen LogP) is 2.87. The molecule has 0 radical (unpaired) electrons. The Labute approximate surface area is 161 Å². The number of sulfonamides is 1. The first-order valence-corrected chi connectivity index (χ1v) is 10.2. The van der Waals surface area contributed by atoms with Crippen LogP contribution in [0.1, 0.15) is 5.56 Å². The molecule has 0 bridgehead atoms. The van der Waals surface area contributed by atoms with Crippen molar-refractivity contribution in [1.29, 1.82) is 0 Å². The summed E-state index contributed by atoms with van der Waals surface area (Å²) in [6.07, 6.45) is 0. The van der Waals surface area contributed by atoms with Crippen LogP contribution in [0.5, 0.6) is 0 Å². The molecule has 1 fully saturated rings. The molecule has 3 aromatic rings. The second-order valence-corrected chi connectivity index (χ2v) is 8.38. The molecular weight excluding hydrogens is 385 g/mol. The van der Waals surface area contributed by atoms with Crippen LogP contribution in [0, 0.1) is 12.7 Å². The van der Waals surface area contributed by atoms with Crippen molar-refractivity contribution in [3.63, 3.8) is 0 Å². The molecule has 0 N–H and O–H groups in total. The average Bonchev–Trinajstić information content (AvgIpc) is 3.19. The fraction of sp³-hybridized carbons (Fsp3) is 0.263. The van der Waals surface area contributed by atoms with Gasteiger partial charge in [-0.2, -0.15) is 4.31 Å². The molecule has 1 aliphatic rings. The highest BCUT2D eigenvalue weighted by Crippen LogP contribution is 2.29. The number of ether oxygens (including phenoxy) is 1. The minimum atomic E-state index is -3.76. The van der Waals surface area contributed by atoms with Crippen LogP contribution >= 0.6 is 0 Å². The molecule has 0 atom stereocenters. The molecule has 1 aliphatic heterocycles. The van der Waals surface area contributed by atoms with Crippen LogP contribution < -0.4 is 0 Å². The number of hydrogen-bond donors (Lipinski definition) is 0. The summed E-state index contributed by atoms with van der Waals surface area (Å²) in [4.78, 5) is -0.0268. The third-order valence-electron chi connectivity index (χ3n) is 4.47. The first-order chi connectivity index (χ1) is 13.4. The Kier molecular flexibility index (Phi) is 4.96. The summed E-state index contributed by atoms with van der Waals surface area (Å²) < 4.78 is 52.2. The second-order valence-electron chi connectivity index (χ2n) is 6.44. The molecule has 2 heterocycles. The summed E-state index contributed by atoms with van der Waals surface area (Å²) >= 11 is 0. The number of halogens is 1. The molecule has 2 aromatic carbocycles. The van der Waals surface area contributed by atoms with E-state index in [-0.39, 0.29) is 35.3 Å². The summed E-state index contributed by atoms with van der Waals surface area (Å²) in [5, 5.41) is 7.87. The highest BCUT2D eigenvalue weighted by Gasteiger charge is 2.28. The number of benzene rings is 2. The lowest BCUT2D eigenvalue weighted by molar-refractivity contribution is 0.0730. The largest absolute Gasteiger partial charge is 0.416 e. The summed E-state index contributed by atoms with van der Waals surface area (Å²) in [5.74, 6) is -0.479. The normalized spacial score (nSPS) is 15.6. The molecule has 7 nitrogen and oxygen atoms in total. The van der Waals surface area contributed by atoms with Crippen molar-refractivity contribution in [2.45, 2.75) is 11.8 Å². The van der Waals surface area contributed by atoms with E-state index in [4.69, 9.17) is 9.15 Å². The monoisotopic (exact) mass is 403 g/mol. The third-order valence-corrected chi connectivity index (χ3v) is 6.36. The van der Waals surface area contributed by atoms with Crippen molar-refractivity contribution in [2.24, 2.45) is 0 Å². The van der Waals surface area contributed by atoms with Crippen molar-refractivity contribution in [3.8, 4) is 22.9 Å². The molecule has 0 saturated carbocycles. The average molecular weight is 403 g/mol. The van der Waals surface area contributed by atoms with E-state index in [0.717, 1.165) is 11.6 Å². The first kappa shape index (κ1) is 18.7. The Morgan fingerprint density at radius 2 is 1.79 bits per heavy atom. The maximum Gasteiger partial charge on any atom is 0.251 e. The van der Waals surface area contributed by atoms with Gasteiger partial charge in [-0.25, -0.2) is 12.8 Å². The predicted molar refractivity (Wildman–Crippen MR) is 99.4 cm³/mol. The van der Waals surface area contributed by atoms with E-state index in [1.807, 2.05) is 25.1 Å². The van der Waals surface area contributed by atoms with Crippen molar-refractivity contribution in [1.82, 2.24) is 14.5 Å². The summed E-state index contributed by atoms with van der Waals surface area (Å²) in [6, 6.07) is 11.0. The highest BCUT2D eigenvalue weighted by molar-refractivity contribution is 7.89. The standard InChI is InChI=1S/C19H18FN3O4S/c1-13-3-2-4-14(11-13)18-21-22-19(27-18)16-12-15(5-6-17(16)20)28(24,25)23-7-9-26-10-8-23/h2-6,11-12H,7-10H2,1H3. The molecule has 1 aromatic heterocycles. The zero-order chi connectivity index (χ0) is 19.7. The molecule has 0 aliphatic carbocycles. The van der Waals surface area contributed by atoms with Gasteiger partial charge in [-0.15, -0.1) is 10.2 Å². The zero-order valence-corrected chi connectivity index (χ0v) is 15.9. The van der Waals surface area contributed by atoms with Gasteiger partial charge in [0.2, 0.25) is 15.9 Å². The van der Waals surface area contributed by atoms with Gasteiger partial charge in [0, 0.05) is 18.7 Å². The summed E-state index contributed by atoms with van der Waals surface area (Å²) in [5.41, 5.74) is 1.67. The van der Waals surface area contributed by atoms with Crippen molar-refractivity contribution in [3.05, 3.63) is 53.8 Å². The van der Waals surface area contributed by atoms with Crippen LogP contribution in [0.2, 0.25) is 0 Å². The fourth-order valence-corrected chi connectivity index (χ4v) is 4.43. The smallest absolute Gasteiger partial charge is 0.251 e. The van der Waals surface area contributed by atoms with E-state index in [1.54, 1.807) is 6.07 Å². The van der Waals surface area contributed by atoms with Gasteiger partial charge in [0.1, 0.15) is 5.82 Å². The van der Waals surface area contributed by atoms with Gasteiger partial charge < -0.3 is 9.15 Å². The molecule has 4 rings (SSSR count). The number of nitrogens with zero attached hydrogens (tertiary/aromatic N) is 3. The number of morpholine rings is 1. The maximum atomic E-state index is 14.4. The quantitative estimate of drug-likeness (QED) is 0.666. The number of hydrogen-bond acceptors (Lipinski definition) is 6. The highest BCUT2D eigenvalue weighted by atomic mass is 32.2. The van der Waals surface area contributed by atoms with Crippen molar-refractivity contribution in [2.75, 3.05) is 26.3 Å². The lowest BCUT2D eigenvalue weighted by atomic mass is 10.1. The Hall–Kier alpha value is -2.62. The molecule has 146 valence electrons. The van der Waals surface area contributed by atoms with E-state index in [1.165, 1.54) is 16.4 Å². The minimum absolute atomic E-state index is 0.0268. The second kappa shape index (κ2) is 7.42. The van der Waals surface area contributed by atoms with Crippen molar-refractivity contribution >= 4 is 10.0 Å². The topological polar surface area (TPSA) is 85.5 Å². The number of aromatic nitrogens is 2. The Morgan fingerprint density at radius 1 is 1.04 bits per heavy atom. The molecule has 1 saturated heterocycles. The SMILES string of the molecule is Cc1cccc(-c2nnc(-c3cc(S(=O)(=O)N4CCOCC4)ccc3F)o2)c1. The van der Waals surface area contributed by atoms with Gasteiger partial charge in [-0.3, -0.25) is 0 Å². The molecule has 0 spiro atoms. The Balaban J connectivity index is 1.70. The molecule has 0 amide bonds. The van der Waals surface area contributed by atoms with Crippen LogP contribution in [0.25, 0.3) is 22.9 Å². The van der Waals surface area contributed by atoms with E-state index in [2.05, 4.69) is 10.2 Å². The van der Waals surface area contributed by atoms with Gasteiger partial charge in [-0.05, 0) is 37.3 Å². The van der Waals surface area contributed by atoms with E-state index in [0.29, 0.717) is 18.8 Å². The zero-order valence-electron chi connectivity index (χ0n) is 15.1. The third kappa shape index (κ3) is 3.56. The summed E-state index contributed by atoms with van der Waals surface area (Å²) in [6.45, 7) is 3.11. The number of rotatable bonds is 4. The van der Waals surface area contributed by atoms with E-state index in [9.17, 15) is 12.8 Å². The molecule has 0 unspecified atom stereocenters. The van der Waals surface area contributed by atoms with Crippen LogP contribution in [0.4, 0.5) is 4.39 Å². The van der Waals surface area contributed by atoms with E-state index >= 15 is 0 Å². The number of aryl methyl sites for hydroxylation is 1. The Bertz CT molecular complexity index is 1110. The first-order valence-electron chi connectivity index (χ1n) is 8.73.